The summed E-state index contributed by atoms with van der Waals surface area (Å²) in [6.07, 6.45) is 3.02. The van der Waals surface area contributed by atoms with Crippen LogP contribution >= 0.6 is 0 Å². The van der Waals surface area contributed by atoms with Crippen molar-refractivity contribution < 1.29 is 13.2 Å². The highest BCUT2D eigenvalue weighted by Gasteiger charge is 2.29. The molecule has 1 atom stereocenters. The maximum absolute atomic E-state index is 13.1. The second kappa shape index (κ2) is 7.93. The number of pyridine rings is 1. The van der Waals surface area contributed by atoms with Crippen LogP contribution in [0, 0.1) is 0 Å². The van der Waals surface area contributed by atoms with E-state index in [4.69, 9.17) is 0 Å². The van der Waals surface area contributed by atoms with Crippen LogP contribution < -0.4 is 5.32 Å². The van der Waals surface area contributed by atoms with Crippen LogP contribution in [0.1, 0.15) is 21.2 Å². The molecule has 5 nitrogen and oxygen atoms in total. The van der Waals surface area contributed by atoms with Crippen LogP contribution in [0.15, 0.2) is 90.1 Å². The van der Waals surface area contributed by atoms with Gasteiger partial charge in [-0.2, -0.15) is 0 Å². The lowest BCUT2D eigenvalue weighted by molar-refractivity contribution is 0.0953. The number of benzene rings is 2. The van der Waals surface area contributed by atoms with Gasteiger partial charge in [-0.1, -0.05) is 48.5 Å². The van der Waals surface area contributed by atoms with Crippen LogP contribution in [0.3, 0.4) is 0 Å². The van der Waals surface area contributed by atoms with Crippen molar-refractivity contribution in [3.8, 4) is 0 Å². The molecule has 0 radical (unpaired) electrons. The molecular weight excluding hydrogens is 348 g/mol. The number of hydrogen-bond donors (Lipinski definition) is 1. The first-order valence-electron chi connectivity index (χ1n) is 8.11. The molecule has 2 aromatic carbocycles. The summed E-state index contributed by atoms with van der Waals surface area (Å²) in [5.41, 5.74) is 1.01. The van der Waals surface area contributed by atoms with Crippen molar-refractivity contribution in [2.45, 2.75) is 10.1 Å². The summed E-state index contributed by atoms with van der Waals surface area (Å²) in [5.74, 6) is -0.359. The Kier molecular flexibility index (Phi) is 5.43. The second-order valence-electron chi connectivity index (χ2n) is 5.71. The molecular formula is C20H18N2O3S. The zero-order valence-corrected chi connectivity index (χ0v) is 14.8. The van der Waals surface area contributed by atoms with Gasteiger partial charge < -0.3 is 5.32 Å². The van der Waals surface area contributed by atoms with Crippen LogP contribution in [0.25, 0.3) is 0 Å². The predicted octanol–water partition coefficient (Wildman–Crippen LogP) is 3.03. The molecule has 0 bridgehead atoms. The Labute approximate surface area is 152 Å². The van der Waals surface area contributed by atoms with Crippen molar-refractivity contribution in [2.75, 3.05) is 6.54 Å². The van der Waals surface area contributed by atoms with E-state index in [-0.39, 0.29) is 17.3 Å². The van der Waals surface area contributed by atoms with Gasteiger partial charge >= 0.3 is 0 Å². The van der Waals surface area contributed by atoms with Crippen LogP contribution in [0.4, 0.5) is 0 Å². The average Bonchev–Trinajstić information content (AvgIpc) is 2.70. The number of nitrogens with one attached hydrogen (secondary N) is 1. The van der Waals surface area contributed by atoms with E-state index in [9.17, 15) is 13.2 Å². The van der Waals surface area contributed by atoms with Gasteiger partial charge in [0, 0.05) is 18.9 Å². The minimum Gasteiger partial charge on any atom is -0.350 e. The first-order valence-corrected chi connectivity index (χ1v) is 9.66. The third-order valence-electron chi connectivity index (χ3n) is 3.99. The summed E-state index contributed by atoms with van der Waals surface area (Å²) in [6.45, 7) is -0.0328. The maximum atomic E-state index is 13.1. The first kappa shape index (κ1) is 17.8. The lowest BCUT2D eigenvalue weighted by Crippen LogP contribution is -2.32. The summed E-state index contributed by atoms with van der Waals surface area (Å²) in [7, 11) is -3.66. The SMILES string of the molecule is O=C(NC[C@@H](c1ccccc1)S(=O)(=O)c1ccccc1)c1cccnc1. The molecule has 0 fully saturated rings. The minimum absolute atomic E-state index is 0.0328. The number of carbonyl (C=O) groups excluding carboxylic acids is 1. The molecule has 132 valence electrons. The van der Waals surface area contributed by atoms with Crippen LogP contribution in [0.2, 0.25) is 0 Å². The van der Waals surface area contributed by atoms with Crippen molar-refractivity contribution in [2.24, 2.45) is 0 Å². The standard InChI is InChI=1S/C20H18N2O3S/c23-20(17-10-7-13-21-14-17)22-15-19(16-8-3-1-4-9-16)26(24,25)18-11-5-2-6-12-18/h1-14,19H,15H2,(H,22,23)/t19-/m0/s1. The fourth-order valence-corrected chi connectivity index (χ4v) is 4.32. The molecule has 1 N–H and O–H groups in total. The number of sulfone groups is 1. The van der Waals surface area contributed by atoms with Gasteiger partial charge in [-0.3, -0.25) is 9.78 Å². The Balaban J connectivity index is 1.89. The van der Waals surface area contributed by atoms with Gasteiger partial charge in [-0.25, -0.2) is 8.42 Å². The molecule has 0 spiro atoms. The molecule has 6 heteroatoms. The van der Waals surface area contributed by atoms with E-state index in [1.165, 1.54) is 6.20 Å². The lowest BCUT2D eigenvalue weighted by atomic mass is 10.1. The molecule has 3 rings (SSSR count). The van der Waals surface area contributed by atoms with Crippen molar-refractivity contribution in [3.05, 3.63) is 96.3 Å². The van der Waals surface area contributed by atoms with Crippen molar-refractivity contribution in [1.82, 2.24) is 10.3 Å². The zero-order chi connectivity index (χ0) is 18.4. The minimum atomic E-state index is -3.66. The Morgan fingerprint density at radius 3 is 2.19 bits per heavy atom. The Hall–Kier alpha value is -2.99. The largest absolute Gasteiger partial charge is 0.350 e. The van der Waals surface area contributed by atoms with Gasteiger partial charge in [0.15, 0.2) is 9.84 Å². The monoisotopic (exact) mass is 366 g/mol. The van der Waals surface area contributed by atoms with Gasteiger partial charge in [0.05, 0.1) is 10.5 Å². The molecule has 0 aliphatic heterocycles. The van der Waals surface area contributed by atoms with Gasteiger partial charge in [-0.05, 0) is 29.8 Å². The highest BCUT2D eigenvalue weighted by Crippen LogP contribution is 2.28. The van der Waals surface area contributed by atoms with Crippen molar-refractivity contribution in [1.29, 1.82) is 0 Å². The summed E-state index contributed by atoms with van der Waals surface area (Å²) < 4.78 is 26.2. The number of carbonyl (C=O) groups is 1. The van der Waals surface area contributed by atoms with E-state index < -0.39 is 15.1 Å². The average molecular weight is 366 g/mol. The highest BCUT2D eigenvalue weighted by atomic mass is 32.2. The van der Waals surface area contributed by atoms with E-state index >= 15 is 0 Å². The molecule has 26 heavy (non-hydrogen) atoms. The summed E-state index contributed by atoms with van der Waals surface area (Å²) in [6, 6.07) is 20.4. The Morgan fingerprint density at radius 2 is 1.58 bits per heavy atom. The van der Waals surface area contributed by atoms with E-state index in [1.807, 2.05) is 6.07 Å². The third-order valence-corrected chi connectivity index (χ3v) is 6.11. The number of nitrogens with zero attached hydrogens (tertiary/aromatic N) is 1. The Morgan fingerprint density at radius 1 is 0.923 bits per heavy atom. The summed E-state index contributed by atoms with van der Waals surface area (Å²) in [5, 5.41) is 1.83. The third kappa shape index (κ3) is 3.97. The number of aromatic nitrogens is 1. The number of amides is 1. The maximum Gasteiger partial charge on any atom is 0.252 e. The van der Waals surface area contributed by atoms with Gasteiger partial charge in [-0.15, -0.1) is 0 Å². The number of rotatable bonds is 6. The van der Waals surface area contributed by atoms with E-state index in [0.717, 1.165) is 0 Å². The van der Waals surface area contributed by atoms with E-state index in [0.29, 0.717) is 11.1 Å². The second-order valence-corrected chi connectivity index (χ2v) is 7.84. The first-order chi connectivity index (χ1) is 12.6. The fourth-order valence-electron chi connectivity index (χ4n) is 2.63. The quantitative estimate of drug-likeness (QED) is 0.727. The highest BCUT2D eigenvalue weighted by molar-refractivity contribution is 7.91. The van der Waals surface area contributed by atoms with Crippen LogP contribution in [0.5, 0.6) is 0 Å². The van der Waals surface area contributed by atoms with Gasteiger partial charge in [0.1, 0.15) is 5.25 Å². The molecule has 1 heterocycles. The van der Waals surface area contributed by atoms with Gasteiger partial charge in [0.25, 0.3) is 5.91 Å². The topological polar surface area (TPSA) is 76.1 Å². The molecule has 0 saturated heterocycles. The van der Waals surface area contributed by atoms with E-state index in [2.05, 4.69) is 10.3 Å². The molecule has 1 aromatic heterocycles. The molecule has 0 aliphatic carbocycles. The summed E-state index contributed by atoms with van der Waals surface area (Å²) in [4.78, 5) is 16.4. The number of hydrogen-bond acceptors (Lipinski definition) is 4. The van der Waals surface area contributed by atoms with E-state index in [1.54, 1.807) is 72.9 Å². The molecule has 1 amide bonds. The molecule has 0 saturated carbocycles. The smallest absolute Gasteiger partial charge is 0.252 e. The molecule has 0 unspecified atom stereocenters. The normalized spacial score (nSPS) is 12.3. The Bertz CT molecular complexity index is 960. The lowest BCUT2D eigenvalue weighted by Gasteiger charge is -2.19. The summed E-state index contributed by atoms with van der Waals surface area (Å²) >= 11 is 0. The van der Waals surface area contributed by atoms with Gasteiger partial charge in [0.2, 0.25) is 0 Å². The van der Waals surface area contributed by atoms with Crippen molar-refractivity contribution in [3.63, 3.8) is 0 Å². The van der Waals surface area contributed by atoms with Crippen LogP contribution in [-0.4, -0.2) is 25.9 Å². The fraction of sp³-hybridized carbons (Fsp3) is 0.100. The molecule has 0 aliphatic rings. The predicted molar refractivity (Wildman–Crippen MR) is 99.4 cm³/mol. The van der Waals surface area contributed by atoms with Crippen LogP contribution in [-0.2, 0) is 9.84 Å². The zero-order valence-electron chi connectivity index (χ0n) is 13.9. The molecule has 3 aromatic rings. The van der Waals surface area contributed by atoms with Crippen molar-refractivity contribution >= 4 is 15.7 Å².